The molecule has 3 amide bonds. The van der Waals surface area contributed by atoms with Gasteiger partial charge in [0.25, 0.3) is 0 Å². The van der Waals surface area contributed by atoms with E-state index in [1.54, 1.807) is 30.3 Å². The minimum absolute atomic E-state index is 0.0330. The molecule has 12 heteroatoms. The molecule has 1 aromatic carbocycles. The van der Waals surface area contributed by atoms with E-state index in [4.69, 9.17) is 15.9 Å². The van der Waals surface area contributed by atoms with Gasteiger partial charge in [0, 0.05) is 6.42 Å². The molecule has 1 aromatic rings. The monoisotopic (exact) mass is 438 g/mol. The summed E-state index contributed by atoms with van der Waals surface area (Å²) in [5, 5.41) is 34.3. The second-order valence-corrected chi connectivity index (χ2v) is 6.74. The van der Waals surface area contributed by atoms with Crippen LogP contribution in [0.25, 0.3) is 0 Å². The lowest BCUT2D eigenvalue weighted by atomic mass is 10.0. The predicted octanol–water partition coefficient (Wildman–Crippen LogP) is -2.42. The SMILES string of the molecule is CC(O)C(NC(=O)C(CC(=O)O)NC(=O)C(Cc1ccccc1)NC(=O)CN)C(=O)O. The molecule has 0 aromatic heterocycles. The number of carboxylic acids is 2. The van der Waals surface area contributed by atoms with Gasteiger partial charge in [0.1, 0.15) is 12.1 Å². The van der Waals surface area contributed by atoms with Crippen molar-refractivity contribution in [1.82, 2.24) is 16.0 Å². The Labute approximate surface area is 177 Å². The van der Waals surface area contributed by atoms with E-state index in [0.717, 1.165) is 6.92 Å². The Morgan fingerprint density at radius 3 is 2.00 bits per heavy atom. The molecule has 0 heterocycles. The van der Waals surface area contributed by atoms with Gasteiger partial charge in [0.2, 0.25) is 17.7 Å². The van der Waals surface area contributed by atoms with Crippen molar-refractivity contribution in [2.24, 2.45) is 5.73 Å². The highest BCUT2D eigenvalue weighted by Crippen LogP contribution is 2.05. The summed E-state index contributed by atoms with van der Waals surface area (Å²) in [5.41, 5.74) is 5.96. The minimum Gasteiger partial charge on any atom is -0.481 e. The van der Waals surface area contributed by atoms with Crippen LogP contribution in [0.15, 0.2) is 30.3 Å². The lowest BCUT2D eigenvalue weighted by Gasteiger charge is -2.24. The second-order valence-electron chi connectivity index (χ2n) is 6.74. The molecule has 0 bridgehead atoms. The van der Waals surface area contributed by atoms with E-state index in [1.807, 2.05) is 5.32 Å². The third-order valence-corrected chi connectivity index (χ3v) is 4.18. The lowest BCUT2D eigenvalue weighted by Crippen LogP contribution is -2.58. The molecule has 4 atom stereocenters. The van der Waals surface area contributed by atoms with E-state index in [0.29, 0.717) is 5.56 Å². The molecule has 170 valence electrons. The van der Waals surface area contributed by atoms with Crippen molar-refractivity contribution < 1.29 is 39.3 Å². The summed E-state index contributed by atoms with van der Waals surface area (Å²) in [6.07, 6.45) is -2.30. The number of benzene rings is 1. The zero-order valence-corrected chi connectivity index (χ0v) is 16.8. The topological polar surface area (TPSA) is 208 Å². The zero-order chi connectivity index (χ0) is 23.6. The van der Waals surface area contributed by atoms with Crippen LogP contribution in [0.3, 0.4) is 0 Å². The van der Waals surface area contributed by atoms with Crippen LogP contribution < -0.4 is 21.7 Å². The summed E-state index contributed by atoms with van der Waals surface area (Å²) >= 11 is 0. The van der Waals surface area contributed by atoms with Crippen molar-refractivity contribution in [2.45, 2.75) is 44.0 Å². The van der Waals surface area contributed by atoms with Gasteiger partial charge < -0.3 is 37.0 Å². The van der Waals surface area contributed by atoms with Gasteiger partial charge in [-0.05, 0) is 12.5 Å². The first-order valence-corrected chi connectivity index (χ1v) is 9.31. The standard InChI is InChI=1S/C19H26N4O8/c1-10(24)16(19(30)31)23-18(29)13(8-15(26)27)22-17(28)12(21-14(25)9-20)7-11-5-3-2-4-6-11/h2-6,10,12-13,16,24H,7-9,20H2,1H3,(H,21,25)(H,22,28)(H,23,29)(H,26,27)(H,30,31). The van der Waals surface area contributed by atoms with Crippen LogP contribution in [-0.4, -0.2) is 75.8 Å². The fourth-order valence-electron chi connectivity index (χ4n) is 2.61. The Morgan fingerprint density at radius 2 is 1.52 bits per heavy atom. The molecular formula is C19H26N4O8. The maximum absolute atomic E-state index is 12.7. The number of hydrogen-bond acceptors (Lipinski definition) is 7. The number of aliphatic hydroxyl groups is 1. The number of aliphatic hydroxyl groups excluding tert-OH is 1. The molecule has 0 radical (unpaired) electrons. The van der Waals surface area contributed by atoms with Crippen molar-refractivity contribution in [3.63, 3.8) is 0 Å². The molecule has 0 aliphatic carbocycles. The highest BCUT2D eigenvalue weighted by Gasteiger charge is 2.32. The van der Waals surface area contributed by atoms with Gasteiger partial charge in [-0.3, -0.25) is 19.2 Å². The Hall–Kier alpha value is -3.51. The van der Waals surface area contributed by atoms with E-state index < -0.39 is 66.9 Å². The number of carboxylic acid groups (broad SMARTS) is 2. The van der Waals surface area contributed by atoms with Crippen molar-refractivity contribution in [2.75, 3.05) is 6.54 Å². The van der Waals surface area contributed by atoms with Crippen LogP contribution in [0.4, 0.5) is 0 Å². The molecule has 12 nitrogen and oxygen atoms in total. The summed E-state index contributed by atoms with van der Waals surface area (Å²) in [6.45, 7) is 0.731. The van der Waals surface area contributed by atoms with Crippen LogP contribution >= 0.6 is 0 Å². The first-order chi connectivity index (χ1) is 14.5. The normalized spacial score (nSPS) is 14.4. The highest BCUT2D eigenvalue weighted by atomic mass is 16.4. The van der Waals surface area contributed by atoms with Gasteiger partial charge in [-0.2, -0.15) is 0 Å². The van der Waals surface area contributed by atoms with Crippen molar-refractivity contribution >= 4 is 29.7 Å². The summed E-state index contributed by atoms with van der Waals surface area (Å²) in [6, 6.07) is 4.07. The molecule has 0 fully saturated rings. The van der Waals surface area contributed by atoms with Crippen molar-refractivity contribution in [3.8, 4) is 0 Å². The summed E-state index contributed by atoms with van der Waals surface area (Å²) in [7, 11) is 0. The average Bonchev–Trinajstić information content (AvgIpc) is 2.70. The summed E-state index contributed by atoms with van der Waals surface area (Å²) in [4.78, 5) is 59.2. The van der Waals surface area contributed by atoms with Crippen LogP contribution in [0.1, 0.15) is 18.9 Å². The van der Waals surface area contributed by atoms with Gasteiger partial charge in [-0.1, -0.05) is 30.3 Å². The van der Waals surface area contributed by atoms with Gasteiger partial charge in [0.15, 0.2) is 6.04 Å². The van der Waals surface area contributed by atoms with E-state index >= 15 is 0 Å². The minimum atomic E-state index is -1.71. The molecule has 0 aliphatic heterocycles. The molecule has 0 saturated carbocycles. The first kappa shape index (κ1) is 25.5. The lowest BCUT2D eigenvalue weighted by molar-refractivity contribution is -0.146. The van der Waals surface area contributed by atoms with E-state index in [9.17, 15) is 29.1 Å². The van der Waals surface area contributed by atoms with Crippen LogP contribution in [0.5, 0.6) is 0 Å². The number of carbonyl (C=O) groups is 5. The number of amides is 3. The molecule has 0 spiro atoms. The molecule has 0 saturated heterocycles. The average molecular weight is 438 g/mol. The van der Waals surface area contributed by atoms with Gasteiger partial charge in [-0.15, -0.1) is 0 Å². The van der Waals surface area contributed by atoms with Gasteiger partial charge in [0.05, 0.1) is 19.1 Å². The quantitative estimate of drug-likeness (QED) is 0.185. The largest absolute Gasteiger partial charge is 0.481 e. The number of hydrogen-bond donors (Lipinski definition) is 7. The third kappa shape index (κ3) is 8.80. The molecule has 8 N–H and O–H groups in total. The van der Waals surface area contributed by atoms with Gasteiger partial charge >= 0.3 is 11.9 Å². The number of rotatable bonds is 12. The summed E-state index contributed by atoms with van der Waals surface area (Å²) in [5.74, 6) is -5.60. The Bertz CT molecular complexity index is 799. The van der Waals surface area contributed by atoms with E-state index in [1.165, 1.54) is 0 Å². The fraction of sp³-hybridized carbons (Fsp3) is 0.421. The maximum atomic E-state index is 12.7. The van der Waals surface area contributed by atoms with Crippen LogP contribution in [0, 0.1) is 0 Å². The number of carbonyl (C=O) groups excluding carboxylic acids is 3. The third-order valence-electron chi connectivity index (χ3n) is 4.18. The van der Waals surface area contributed by atoms with Crippen molar-refractivity contribution in [1.29, 1.82) is 0 Å². The summed E-state index contributed by atoms with van der Waals surface area (Å²) < 4.78 is 0. The second kappa shape index (κ2) is 12.2. The van der Waals surface area contributed by atoms with Crippen LogP contribution in [-0.2, 0) is 30.4 Å². The van der Waals surface area contributed by atoms with Gasteiger partial charge in [-0.25, -0.2) is 4.79 Å². The van der Waals surface area contributed by atoms with Crippen LogP contribution in [0.2, 0.25) is 0 Å². The van der Waals surface area contributed by atoms with Crippen molar-refractivity contribution in [3.05, 3.63) is 35.9 Å². The molecule has 1 rings (SSSR count). The molecule has 0 aliphatic rings. The highest BCUT2D eigenvalue weighted by molar-refractivity contribution is 5.95. The maximum Gasteiger partial charge on any atom is 0.328 e. The smallest absolute Gasteiger partial charge is 0.328 e. The Balaban J connectivity index is 3.03. The first-order valence-electron chi connectivity index (χ1n) is 9.31. The Kier molecular flexibility index (Phi) is 10.1. The van der Waals surface area contributed by atoms with E-state index in [2.05, 4.69) is 10.6 Å². The molecule has 4 unspecified atom stereocenters. The Morgan fingerprint density at radius 1 is 0.935 bits per heavy atom. The molecular weight excluding hydrogens is 412 g/mol. The molecule has 31 heavy (non-hydrogen) atoms. The number of aliphatic carboxylic acids is 2. The predicted molar refractivity (Wildman–Crippen MR) is 107 cm³/mol. The number of nitrogens with two attached hydrogens (primary N) is 1. The number of nitrogens with one attached hydrogen (secondary N) is 3. The van der Waals surface area contributed by atoms with E-state index in [-0.39, 0.29) is 6.42 Å². The fourth-order valence-corrected chi connectivity index (χ4v) is 2.61. The zero-order valence-electron chi connectivity index (χ0n) is 16.8.